The maximum absolute atomic E-state index is 5.99. The Morgan fingerprint density at radius 1 is 1.16 bits per heavy atom. The van der Waals surface area contributed by atoms with E-state index >= 15 is 0 Å². The molecule has 0 saturated carbocycles. The van der Waals surface area contributed by atoms with Crippen LogP contribution in [-0.4, -0.2) is 50.8 Å². The molecule has 2 N–H and O–H groups in total. The van der Waals surface area contributed by atoms with Crippen molar-refractivity contribution in [1.29, 1.82) is 0 Å². The van der Waals surface area contributed by atoms with Gasteiger partial charge in [0.2, 0.25) is 0 Å². The average Bonchev–Trinajstić information content (AvgIpc) is 2.80. The Morgan fingerprint density at radius 2 is 1.90 bits per heavy atom. The number of nitrogens with zero attached hydrogens (tertiary/aromatic N) is 3. The number of nitrogens with one attached hydrogen (secondary N) is 2. The molecule has 1 aromatic carbocycles. The van der Waals surface area contributed by atoms with E-state index < -0.39 is 0 Å². The molecule has 2 aromatic rings. The van der Waals surface area contributed by atoms with Gasteiger partial charge in [0.15, 0.2) is 17.5 Å². The number of piperidine rings is 1. The summed E-state index contributed by atoms with van der Waals surface area (Å²) in [6.07, 6.45) is 4.38. The van der Waals surface area contributed by atoms with Gasteiger partial charge in [0, 0.05) is 32.9 Å². The van der Waals surface area contributed by atoms with E-state index in [4.69, 9.17) is 9.47 Å². The summed E-state index contributed by atoms with van der Waals surface area (Å²) >= 11 is 0. The topological polar surface area (TPSA) is 71.0 Å². The van der Waals surface area contributed by atoms with E-state index in [1.54, 1.807) is 14.2 Å². The predicted molar refractivity (Wildman–Crippen MR) is 126 cm³/mol. The molecule has 1 aliphatic rings. The molecule has 7 heteroatoms. The number of guanidine groups is 1. The van der Waals surface area contributed by atoms with Crippen molar-refractivity contribution in [3.63, 3.8) is 0 Å². The SMILES string of the molecule is CN=C(NCc1ccc(N2CCC(C)CC2)nc1)NCC(C)Oc1ccccc1OC. The predicted octanol–water partition coefficient (Wildman–Crippen LogP) is 3.46. The Bertz CT molecular complexity index is 832. The van der Waals surface area contributed by atoms with Crippen LogP contribution in [0.2, 0.25) is 0 Å². The van der Waals surface area contributed by atoms with Crippen LogP contribution in [0.4, 0.5) is 5.82 Å². The van der Waals surface area contributed by atoms with Crippen molar-refractivity contribution in [3.05, 3.63) is 48.2 Å². The van der Waals surface area contributed by atoms with Crippen LogP contribution >= 0.6 is 0 Å². The number of benzene rings is 1. The van der Waals surface area contributed by atoms with E-state index in [0.717, 1.165) is 47.8 Å². The van der Waals surface area contributed by atoms with E-state index in [9.17, 15) is 0 Å². The van der Waals surface area contributed by atoms with Gasteiger partial charge >= 0.3 is 0 Å². The van der Waals surface area contributed by atoms with E-state index in [0.29, 0.717) is 13.1 Å². The second-order valence-electron chi connectivity index (χ2n) is 8.08. The van der Waals surface area contributed by atoms with Crippen molar-refractivity contribution < 1.29 is 9.47 Å². The zero-order valence-electron chi connectivity index (χ0n) is 19.1. The van der Waals surface area contributed by atoms with Crippen molar-refractivity contribution >= 4 is 11.8 Å². The second kappa shape index (κ2) is 11.4. The van der Waals surface area contributed by atoms with Crippen molar-refractivity contribution in [2.45, 2.75) is 39.3 Å². The molecule has 1 aromatic heterocycles. The number of hydrogen-bond acceptors (Lipinski definition) is 5. The summed E-state index contributed by atoms with van der Waals surface area (Å²) in [7, 11) is 3.41. The average molecular weight is 426 g/mol. The number of ether oxygens (including phenoxy) is 2. The van der Waals surface area contributed by atoms with Crippen LogP contribution in [0.1, 0.15) is 32.3 Å². The standard InChI is InChI=1S/C24H35N5O2/c1-18-11-13-29(14-12-18)23-10-9-20(16-26-23)17-28-24(25-3)27-15-19(2)31-22-8-6-5-7-21(22)30-4/h5-10,16,18-19H,11-15,17H2,1-4H3,(H2,25,27,28). The molecular weight excluding hydrogens is 390 g/mol. The molecule has 31 heavy (non-hydrogen) atoms. The zero-order chi connectivity index (χ0) is 22.1. The Labute approximate surface area is 185 Å². The molecule has 1 saturated heterocycles. The lowest BCUT2D eigenvalue weighted by Crippen LogP contribution is -2.41. The number of para-hydroxylation sites is 2. The molecule has 0 radical (unpaired) electrons. The fraction of sp³-hybridized carbons (Fsp3) is 0.500. The summed E-state index contributed by atoms with van der Waals surface area (Å²) < 4.78 is 11.3. The van der Waals surface area contributed by atoms with Crippen molar-refractivity contribution in [1.82, 2.24) is 15.6 Å². The van der Waals surface area contributed by atoms with Crippen LogP contribution in [0.25, 0.3) is 0 Å². The third kappa shape index (κ3) is 6.77. The van der Waals surface area contributed by atoms with Gasteiger partial charge in [-0.25, -0.2) is 4.98 Å². The Hall–Kier alpha value is -2.96. The molecule has 1 unspecified atom stereocenters. The molecule has 3 rings (SSSR count). The second-order valence-corrected chi connectivity index (χ2v) is 8.08. The highest BCUT2D eigenvalue weighted by atomic mass is 16.5. The smallest absolute Gasteiger partial charge is 0.191 e. The summed E-state index contributed by atoms with van der Waals surface area (Å²) in [5.74, 6) is 4.08. The number of rotatable bonds is 8. The van der Waals surface area contributed by atoms with Crippen LogP contribution in [0.5, 0.6) is 11.5 Å². The summed E-state index contributed by atoms with van der Waals surface area (Å²) in [5.41, 5.74) is 1.12. The van der Waals surface area contributed by atoms with Gasteiger partial charge < -0.3 is 25.0 Å². The molecule has 168 valence electrons. The zero-order valence-corrected chi connectivity index (χ0v) is 19.1. The quantitative estimate of drug-likeness (QED) is 0.499. The van der Waals surface area contributed by atoms with Gasteiger partial charge in [-0.15, -0.1) is 0 Å². The minimum atomic E-state index is -0.0527. The lowest BCUT2D eigenvalue weighted by atomic mass is 9.99. The summed E-state index contributed by atoms with van der Waals surface area (Å²) in [6, 6.07) is 11.9. The molecule has 7 nitrogen and oxygen atoms in total. The first-order chi connectivity index (χ1) is 15.1. The highest BCUT2D eigenvalue weighted by Gasteiger charge is 2.16. The van der Waals surface area contributed by atoms with E-state index in [1.807, 2.05) is 37.4 Å². The lowest BCUT2D eigenvalue weighted by Gasteiger charge is -2.31. The molecule has 2 heterocycles. The van der Waals surface area contributed by atoms with Gasteiger partial charge in [-0.1, -0.05) is 25.1 Å². The van der Waals surface area contributed by atoms with E-state index in [1.165, 1.54) is 12.8 Å². The van der Waals surface area contributed by atoms with Gasteiger partial charge in [-0.3, -0.25) is 4.99 Å². The van der Waals surface area contributed by atoms with Gasteiger partial charge in [0.25, 0.3) is 0 Å². The molecule has 0 aliphatic carbocycles. The fourth-order valence-electron chi connectivity index (χ4n) is 3.57. The Balaban J connectivity index is 1.43. The number of hydrogen-bond donors (Lipinski definition) is 2. The first kappa shape index (κ1) is 22.7. The van der Waals surface area contributed by atoms with Crippen LogP contribution in [0.3, 0.4) is 0 Å². The third-order valence-electron chi connectivity index (χ3n) is 5.55. The largest absolute Gasteiger partial charge is 0.493 e. The lowest BCUT2D eigenvalue weighted by molar-refractivity contribution is 0.213. The molecule has 0 bridgehead atoms. The molecular formula is C24H35N5O2. The highest BCUT2D eigenvalue weighted by molar-refractivity contribution is 5.79. The summed E-state index contributed by atoms with van der Waals surface area (Å²) in [6.45, 7) is 7.80. The fourth-order valence-corrected chi connectivity index (χ4v) is 3.57. The molecule has 0 spiro atoms. The van der Waals surface area contributed by atoms with E-state index in [-0.39, 0.29) is 6.10 Å². The first-order valence-corrected chi connectivity index (χ1v) is 11.0. The normalized spacial score (nSPS) is 16.0. The number of methoxy groups -OCH3 is 1. The minimum Gasteiger partial charge on any atom is -0.493 e. The van der Waals surface area contributed by atoms with Crippen LogP contribution < -0.4 is 25.0 Å². The van der Waals surface area contributed by atoms with Crippen LogP contribution in [0.15, 0.2) is 47.6 Å². The van der Waals surface area contributed by atoms with Crippen molar-refractivity contribution in [2.24, 2.45) is 10.9 Å². The van der Waals surface area contributed by atoms with Crippen molar-refractivity contribution in [3.8, 4) is 11.5 Å². The summed E-state index contributed by atoms with van der Waals surface area (Å²) in [4.78, 5) is 11.3. The highest BCUT2D eigenvalue weighted by Crippen LogP contribution is 2.26. The molecule has 0 amide bonds. The van der Waals surface area contributed by atoms with Gasteiger partial charge in [-0.2, -0.15) is 0 Å². The maximum Gasteiger partial charge on any atom is 0.191 e. The van der Waals surface area contributed by atoms with Crippen LogP contribution in [0, 0.1) is 5.92 Å². The summed E-state index contributed by atoms with van der Waals surface area (Å²) in [5, 5.41) is 6.65. The van der Waals surface area contributed by atoms with Gasteiger partial charge in [0.05, 0.1) is 13.7 Å². The Kier molecular flexibility index (Phi) is 8.38. The first-order valence-electron chi connectivity index (χ1n) is 11.0. The maximum atomic E-state index is 5.99. The third-order valence-corrected chi connectivity index (χ3v) is 5.55. The monoisotopic (exact) mass is 425 g/mol. The number of anilines is 1. The minimum absolute atomic E-state index is 0.0527. The molecule has 1 aliphatic heterocycles. The number of aromatic nitrogens is 1. The van der Waals surface area contributed by atoms with Crippen molar-refractivity contribution in [2.75, 3.05) is 38.7 Å². The van der Waals surface area contributed by atoms with E-state index in [2.05, 4.69) is 44.6 Å². The number of pyridine rings is 1. The van der Waals surface area contributed by atoms with Gasteiger partial charge in [0.1, 0.15) is 11.9 Å². The van der Waals surface area contributed by atoms with Crippen LogP contribution in [-0.2, 0) is 6.54 Å². The molecule has 1 atom stereocenters. The molecule has 1 fully saturated rings. The van der Waals surface area contributed by atoms with Gasteiger partial charge in [-0.05, 0) is 49.4 Å². The Morgan fingerprint density at radius 3 is 2.55 bits per heavy atom. The number of aliphatic imine (C=N–C) groups is 1.